The second kappa shape index (κ2) is 4.64. The third-order valence-electron chi connectivity index (χ3n) is 3.30. The molecule has 1 saturated carbocycles. The molecule has 0 radical (unpaired) electrons. The summed E-state index contributed by atoms with van der Waals surface area (Å²) < 4.78 is 0. The standard InChI is InChI=1S/C13H22/c1-4-5-6-7-8-9-10-13(3)11-12(13)2/h5-8,12H,4,9-11H2,1-3H3. The fourth-order valence-electron chi connectivity index (χ4n) is 1.79. The minimum Gasteiger partial charge on any atom is -0.0848 e. The van der Waals surface area contributed by atoms with E-state index in [9.17, 15) is 0 Å². The van der Waals surface area contributed by atoms with Gasteiger partial charge in [-0.15, -0.1) is 0 Å². The summed E-state index contributed by atoms with van der Waals surface area (Å²) >= 11 is 0. The maximum absolute atomic E-state index is 2.41. The van der Waals surface area contributed by atoms with Crippen molar-refractivity contribution in [2.24, 2.45) is 11.3 Å². The second-order valence-corrected chi connectivity index (χ2v) is 4.56. The van der Waals surface area contributed by atoms with Gasteiger partial charge in [-0.3, -0.25) is 0 Å². The van der Waals surface area contributed by atoms with E-state index < -0.39 is 0 Å². The minimum absolute atomic E-state index is 0.679. The Balaban J connectivity index is 2.07. The van der Waals surface area contributed by atoms with E-state index in [-0.39, 0.29) is 0 Å². The van der Waals surface area contributed by atoms with Crippen LogP contribution in [0.25, 0.3) is 0 Å². The van der Waals surface area contributed by atoms with Crippen molar-refractivity contribution in [2.75, 3.05) is 0 Å². The lowest BCUT2D eigenvalue weighted by Crippen LogP contribution is -1.94. The molecule has 1 aliphatic carbocycles. The Morgan fingerprint density at radius 1 is 1.31 bits per heavy atom. The molecule has 2 atom stereocenters. The van der Waals surface area contributed by atoms with Crippen molar-refractivity contribution in [1.29, 1.82) is 0 Å². The van der Waals surface area contributed by atoms with Crippen molar-refractivity contribution in [3.05, 3.63) is 24.3 Å². The molecule has 0 heteroatoms. The number of rotatable bonds is 5. The molecule has 74 valence electrons. The van der Waals surface area contributed by atoms with Crippen LogP contribution in [0.1, 0.15) is 46.5 Å². The predicted octanol–water partition coefficient (Wildman–Crippen LogP) is 4.34. The summed E-state index contributed by atoms with van der Waals surface area (Å²) in [5.41, 5.74) is 0.679. The van der Waals surface area contributed by atoms with E-state index in [2.05, 4.69) is 45.1 Å². The average molecular weight is 178 g/mol. The molecule has 0 bridgehead atoms. The summed E-state index contributed by atoms with van der Waals surface area (Å²) in [7, 11) is 0. The summed E-state index contributed by atoms with van der Waals surface area (Å²) in [5, 5.41) is 0. The van der Waals surface area contributed by atoms with Crippen LogP contribution >= 0.6 is 0 Å². The van der Waals surface area contributed by atoms with E-state index in [4.69, 9.17) is 0 Å². The average Bonchev–Trinajstić information content (AvgIpc) is 2.68. The Labute approximate surface area is 82.7 Å². The van der Waals surface area contributed by atoms with Gasteiger partial charge in [0.15, 0.2) is 0 Å². The molecule has 0 aromatic heterocycles. The van der Waals surface area contributed by atoms with Gasteiger partial charge in [0.1, 0.15) is 0 Å². The molecule has 13 heavy (non-hydrogen) atoms. The van der Waals surface area contributed by atoms with Crippen molar-refractivity contribution >= 4 is 0 Å². The molecule has 1 fully saturated rings. The van der Waals surface area contributed by atoms with E-state index in [1.54, 1.807) is 0 Å². The Hall–Kier alpha value is -0.520. The molecule has 0 aromatic carbocycles. The summed E-state index contributed by atoms with van der Waals surface area (Å²) in [6.07, 6.45) is 14.0. The Kier molecular flexibility index (Phi) is 3.77. The van der Waals surface area contributed by atoms with Crippen LogP contribution in [0.15, 0.2) is 24.3 Å². The maximum atomic E-state index is 2.41. The van der Waals surface area contributed by atoms with Crippen LogP contribution in [0.3, 0.4) is 0 Å². The Bertz CT molecular complexity index is 200. The topological polar surface area (TPSA) is 0 Å². The van der Waals surface area contributed by atoms with Gasteiger partial charge in [0.2, 0.25) is 0 Å². The van der Waals surface area contributed by atoms with Crippen LogP contribution in [-0.2, 0) is 0 Å². The molecule has 0 nitrogen and oxygen atoms in total. The highest BCUT2D eigenvalue weighted by atomic mass is 14.5. The van der Waals surface area contributed by atoms with Crippen LogP contribution < -0.4 is 0 Å². The molecule has 0 N–H and O–H groups in total. The third-order valence-corrected chi connectivity index (χ3v) is 3.30. The van der Waals surface area contributed by atoms with Crippen LogP contribution in [0, 0.1) is 11.3 Å². The highest BCUT2D eigenvalue weighted by Gasteiger charge is 2.45. The number of hydrogen-bond donors (Lipinski definition) is 0. The normalized spacial score (nSPS) is 33.3. The molecule has 1 aliphatic rings. The molecule has 1 rings (SSSR count). The van der Waals surface area contributed by atoms with Crippen LogP contribution in [0.4, 0.5) is 0 Å². The highest BCUT2D eigenvalue weighted by molar-refractivity contribution is 5.04. The second-order valence-electron chi connectivity index (χ2n) is 4.56. The molecule has 0 saturated heterocycles. The lowest BCUT2D eigenvalue weighted by Gasteiger charge is -2.05. The quantitative estimate of drug-likeness (QED) is 0.549. The molecule has 0 heterocycles. The summed E-state index contributed by atoms with van der Waals surface area (Å²) in [4.78, 5) is 0. The van der Waals surface area contributed by atoms with Crippen LogP contribution in [0.2, 0.25) is 0 Å². The Morgan fingerprint density at radius 3 is 2.46 bits per heavy atom. The van der Waals surface area contributed by atoms with E-state index in [1.807, 2.05) is 0 Å². The van der Waals surface area contributed by atoms with Crippen molar-refractivity contribution in [3.63, 3.8) is 0 Å². The van der Waals surface area contributed by atoms with E-state index in [1.165, 1.54) is 19.3 Å². The largest absolute Gasteiger partial charge is 0.0848 e. The van der Waals surface area contributed by atoms with Gasteiger partial charge < -0.3 is 0 Å². The SMILES string of the molecule is CCC=CC=CCCC1(C)CC1C. The molecule has 0 aliphatic heterocycles. The van der Waals surface area contributed by atoms with Gasteiger partial charge in [0.05, 0.1) is 0 Å². The fourth-order valence-corrected chi connectivity index (χ4v) is 1.79. The van der Waals surface area contributed by atoms with Gasteiger partial charge in [-0.25, -0.2) is 0 Å². The lowest BCUT2D eigenvalue weighted by atomic mass is 10.0. The molecular weight excluding hydrogens is 156 g/mol. The van der Waals surface area contributed by atoms with Crippen molar-refractivity contribution in [3.8, 4) is 0 Å². The summed E-state index contributed by atoms with van der Waals surface area (Å²) in [6.45, 7) is 6.94. The van der Waals surface area contributed by atoms with Crippen LogP contribution in [0.5, 0.6) is 0 Å². The minimum atomic E-state index is 0.679. The van der Waals surface area contributed by atoms with Crippen LogP contribution in [-0.4, -0.2) is 0 Å². The van der Waals surface area contributed by atoms with Gasteiger partial charge in [0.25, 0.3) is 0 Å². The zero-order valence-corrected chi connectivity index (χ0v) is 9.22. The zero-order chi connectivity index (χ0) is 9.73. The summed E-state index contributed by atoms with van der Waals surface area (Å²) in [5.74, 6) is 0.965. The molecule has 0 amide bonds. The first-order valence-electron chi connectivity index (χ1n) is 5.50. The first kappa shape index (κ1) is 10.6. The molecule has 0 spiro atoms. The fraction of sp³-hybridized carbons (Fsp3) is 0.692. The first-order chi connectivity index (χ1) is 6.19. The monoisotopic (exact) mass is 178 g/mol. The summed E-state index contributed by atoms with van der Waals surface area (Å²) in [6, 6.07) is 0. The smallest absolute Gasteiger partial charge is 0.0294 e. The van der Waals surface area contributed by atoms with E-state index in [0.717, 1.165) is 12.3 Å². The van der Waals surface area contributed by atoms with Crippen molar-refractivity contribution in [2.45, 2.75) is 46.5 Å². The van der Waals surface area contributed by atoms with Crippen molar-refractivity contribution < 1.29 is 0 Å². The van der Waals surface area contributed by atoms with Gasteiger partial charge in [-0.2, -0.15) is 0 Å². The van der Waals surface area contributed by atoms with E-state index in [0.29, 0.717) is 5.41 Å². The van der Waals surface area contributed by atoms with E-state index >= 15 is 0 Å². The van der Waals surface area contributed by atoms with Gasteiger partial charge >= 0.3 is 0 Å². The lowest BCUT2D eigenvalue weighted by molar-refractivity contribution is 0.480. The van der Waals surface area contributed by atoms with Gasteiger partial charge in [-0.1, -0.05) is 45.1 Å². The number of allylic oxidation sites excluding steroid dienone is 4. The predicted molar refractivity (Wildman–Crippen MR) is 59.7 cm³/mol. The zero-order valence-electron chi connectivity index (χ0n) is 9.22. The first-order valence-corrected chi connectivity index (χ1v) is 5.50. The van der Waals surface area contributed by atoms with Gasteiger partial charge in [-0.05, 0) is 37.0 Å². The highest BCUT2D eigenvalue weighted by Crippen LogP contribution is 2.55. The number of hydrogen-bond acceptors (Lipinski definition) is 0. The maximum Gasteiger partial charge on any atom is -0.0294 e. The third kappa shape index (κ3) is 3.38. The van der Waals surface area contributed by atoms with Gasteiger partial charge in [0, 0.05) is 0 Å². The molecule has 0 aromatic rings. The molecule has 2 unspecified atom stereocenters. The van der Waals surface area contributed by atoms with Crippen molar-refractivity contribution in [1.82, 2.24) is 0 Å². The molecular formula is C13H22. The Morgan fingerprint density at radius 2 is 1.92 bits per heavy atom.